The highest BCUT2D eigenvalue weighted by molar-refractivity contribution is 7.90. The summed E-state index contributed by atoms with van der Waals surface area (Å²) in [5.74, 6) is -0.799. The van der Waals surface area contributed by atoms with Gasteiger partial charge in [0.1, 0.15) is 23.2 Å². The average Bonchev–Trinajstić information content (AvgIpc) is 3.50. The molecule has 8 nitrogen and oxygen atoms in total. The number of hydrogen-bond acceptors (Lipinski definition) is 6. The molecule has 9 heteroatoms. The number of sulfonamides is 1. The van der Waals surface area contributed by atoms with Crippen molar-refractivity contribution in [2.75, 3.05) is 6.54 Å². The van der Waals surface area contributed by atoms with Gasteiger partial charge in [-0.2, -0.15) is 5.10 Å². The third kappa shape index (κ3) is 3.21. The predicted octanol–water partition coefficient (Wildman–Crippen LogP) is 3.11. The van der Waals surface area contributed by atoms with Crippen LogP contribution in [0.3, 0.4) is 0 Å². The molecule has 0 unspecified atom stereocenters. The number of hydrazone groups is 1. The van der Waals surface area contributed by atoms with Crippen LogP contribution in [0.15, 0.2) is 81.3 Å². The van der Waals surface area contributed by atoms with Crippen LogP contribution < -0.4 is 0 Å². The maximum Gasteiger partial charge on any atom is 0.269 e. The average molecular weight is 449 g/mol. The number of fused-ring (bicyclic) bond motifs is 1. The van der Waals surface area contributed by atoms with E-state index in [1.54, 1.807) is 24.3 Å². The third-order valence-electron chi connectivity index (χ3n) is 5.61. The van der Waals surface area contributed by atoms with E-state index in [4.69, 9.17) is 4.42 Å². The smallest absolute Gasteiger partial charge is 0.269 e. The van der Waals surface area contributed by atoms with Gasteiger partial charge in [-0.25, -0.2) is 17.7 Å². The second-order valence-corrected chi connectivity index (χ2v) is 9.53. The summed E-state index contributed by atoms with van der Waals surface area (Å²) in [6.07, 6.45) is 1.91. The molecular formula is C23H19N3O5S. The van der Waals surface area contributed by atoms with Gasteiger partial charge < -0.3 is 4.42 Å². The molecule has 0 spiro atoms. The molecule has 0 saturated heterocycles. The Morgan fingerprint density at radius 1 is 1.09 bits per heavy atom. The van der Waals surface area contributed by atoms with Crippen LogP contribution in [0.4, 0.5) is 0 Å². The molecular weight excluding hydrogens is 430 g/mol. The van der Waals surface area contributed by atoms with Crippen LogP contribution >= 0.6 is 0 Å². The lowest BCUT2D eigenvalue weighted by atomic mass is 10.0. The van der Waals surface area contributed by atoms with Crippen LogP contribution in [0.2, 0.25) is 0 Å². The van der Waals surface area contributed by atoms with Gasteiger partial charge in [-0.1, -0.05) is 42.0 Å². The predicted molar refractivity (Wildman–Crippen MR) is 115 cm³/mol. The standard InChI is InChI=1S/C23H19N3O5S/c1-15-8-10-16(11-9-15)18-13-19(20-6-4-12-31-20)26(24-18)22(27)14-25-23(28)17-5-2-3-7-21(17)32(25,29)30/h2-12,19H,13-14H2,1H3/t19-/m0/s1. The van der Waals surface area contributed by atoms with Gasteiger partial charge in [0.15, 0.2) is 0 Å². The number of amides is 2. The fourth-order valence-corrected chi connectivity index (χ4v) is 5.46. The molecule has 0 aliphatic carbocycles. The zero-order valence-corrected chi connectivity index (χ0v) is 18.0. The Hall–Kier alpha value is -3.72. The third-order valence-corrected chi connectivity index (χ3v) is 7.40. The minimum Gasteiger partial charge on any atom is -0.467 e. The largest absolute Gasteiger partial charge is 0.467 e. The topological polar surface area (TPSA) is 100 Å². The summed E-state index contributed by atoms with van der Waals surface area (Å²) in [4.78, 5) is 25.9. The molecule has 0 bridgehead atoms. The lowest BCUT2D eigenvalue weighted by Crippen LogP contribution is -2.41. The van der Waals surface area contributed by atoms with Crippen molar-refractivity contribution >= 4 is 27.5 Å². The highest BCUT2D eigenvalue weighted by Crippen LogP contribution is 2.35. The number of rotatable bonds is 4. The lowest BCUT2D eigenvalue weighted by molar-refractivity contribution is -0.133. The maximum atomic E-state index is 13.2. The van der Waals surface area contributed by atoms with Gasteiger partial charge in [-0.3, -0.25) is 9.59 Å². The molecule has 0 N–H and O–H groups in total. The van der Waals surface area contributed by atoms with Crippen LogP contribution in [0.5, 0.6) is 0 Å². The maximum absolute atomic E-state index is 13.2. The Labute approximate surface area is 184 Å². The van der Waals surface area contributed by atoms with Crippen LogP contribution in [-0.4, -0.2) is 41.8 Å². The minimum absolute atomic E-state index is 0.0631. The van der Waals surface area contributed by atoms with Crippen molar-refractivity contribution < 1.29 is 22.4 Å². The Balaban J connectivity index is 1.47. The second-order valence-electron chi connectivity index (χ2n) is 7.70. The molecule has 5 rings (SSSR count). The molecule has 32 heavy (non-hydrogen) atoms. The number of furan rings is 1. The van der Waals surface area contributed by atoms with Gasteiger partial charge in [0, 0.05) is 6.42 Å². The number of aryl methyl sites for hydroxylation is 1. The fourth-order valence-electron chi connectivity index (χ4n) is 3.95. The van der Waals surface area contributed by atoms with E-state index in [1.165, 1.54) is 23.4 Å². The highest BCUT2D eigenvalue weighted by atomic mass is 32.2. The van der Waals surface area contributed by atoms with Gasteiger partial charge in [0.05, 0.1) is 17.5 Å². The Bertz CT molecular complexity index is 1340. The highest BCUT2D eigenvalue weighted by Gasteiger charge is 2.44. The van der Waals surface area contributed by atoms with E-state index in [2.05, 4.69) is 5.10 Å². The van der Waals surface area contributed by atoms with Crippen molar-refractivity contribution in [3.8, 4) is 0 Å². The van der Waals surface area contributed by atoms with Gasteiger partial charge in [0.2, 0.25) is 0 Å². The van der Waals surface area contributed by atoms with E-state index in [1.807, 2.05) is 31.2 Å². The first-order valence-corrected chi connectivity index (χ1v) is 11.5. The number of carbonyl (C=O) groups excluding carboxylic acids is 2. The van der Waals surface area contributed by atoms with Gasteiger partial charge in [0.25, 0.3) is 21.8 Å². The van der Waals surface area contributed by atoms with Crippen LogP contribution in [0.25, 0.3) is 0 Å². The van der Waals surface area contributed by atoms with Crippen molar-refractivity contribution in [3.63, 3.8) is 0 Å². The summed E-state index contributed by atoms with van der Waals surface area (Å²) in [6.45, 7) is 1.34. The van der Waals surface area contributed by atoms with Crippen LogP contribution in [-0.2, 0) is 14.8 Å². The number of benzene rings is 2. The molecule has 2 aromatic carbocycles. The minimum atomic E-state index is -4.10. The van der Waals surface area contributed by atoms with E-state index < -0.39 is 34.4 Å². The monoisotopic (exact) mass is 449 g/mol. The Kier molecular flexibility index (Phi) is 4.70. The summed E-state index contributed by atoms with van der Waals surface area (Å²) in [5.41, 5.74) is 2.70. The molecule has 0 radical (unpaired) electrons. The zero-order valence-electron chi connectivity index (χ0n) is 17.1. The normalized spacial score (nSPS) is 19.2. The first-order chi connectivity index (χ1) is 15.4. The number of nitrogens with zero attached hydrogens (tertiary/aromatic N) is 3. The molecule has 162 valence electrons. The summed E-state index contributed by atoms with van der Waals surface area (Å²) in [7, 11) is -4.10. The molecule has 1 aromatic heterocycles. The molecule has 2 aliphatic heterocycles. The van der Waals surface area contributed by atoms with E-state index in [0.29, 0.717) is 22.2 Å². The van der Waals surface area contributed by atoms with E-state index in [0.717, 1.165) is 11.1 Å². The van der Waals surface area contributed by atoms with Gasteiger partial charge in [-0.05, 0) is 36.8 Å². The Morgan fingerprint density at radius 3 is 2.53 bits per heavy atom. The first-order valence-electron chi connectivity index (χ1n) is 10.0. The van der Waals surface area contributed by atoms with E-state index in [9.17, 15) is 18.0 Å². The first kappa shape index (κ1) is 20.2. The second kappa shape index (κ2) is 7.45. The molecule has 0 fully saturated rings. The van der Waals surface area contributed by atoms with Crippen LogP contribution in [0, 0.1) is 6.92 Å². The summed E-state index contributed by atoms with van der Waals surface area (Å²) < 4.78 is 31.8. The molecule has 0 saturated carbocycles. The molecule has 1 atom stereocenters. The van der Waals surface area contributed by atoms with Crippen molar-refractivity contribution in [1.82, 2.24) is 9.31 Å². The Morgan fingerprint density at radius 2 is 1.84 bits per heavy atom. The van der Waals surface area contributed by atoms with Crippen molar-refractivity contribution in [1.29, 1.82) is 0 Å². The number of hydrogen-bond donors (Lipinski definition) is 0. The molecule has 3 heterocycles. The lowest BCUT2D eigenvalue weighted by Gasteiger charge is -2.22. The quantitative estimate of drug-likeness (QED) is 0.609. The van der Waals surface area contributed by atoms with E-state index in [-0.39, 0.29) is 10.5 Å². The van der Waals surface area contributed by atoms with Crippen LogP contribution in [0.1, 0.15) is 39.7 Å². The van der Waals surface area contributed by atoms with Gasteiger partial charge >= 0.3 is 0 Å². The SMILES string of the molecule is Cc1ccc(C2=NN(C(=O)CN3C(=O)c4ccccc4S3(=O)=O)[C@H](c3ccco3)C2)cc1. The number of carbonyl (C=O) groups is 2. The summed E-state index contributed by atoms with van der Waals surface area (Å²) in [6, 6.07) is 16.6. The summed E-state index contributed by atoms with van der Waals surface area (Å²) in [5, 5.41) is 5.72. The van der Waals surface area contributed by atoms with Gasteiger partial charge in [-0.15, -0.1) is 0 Å². The molecule has 2 amide bonds. The van der Waals surface area contributed by atoms with Crippen molar-refractivity contribution in [3.05, 3.63) is 89.4 Å². The fraction of sp³-hybridized carbons (Fsp3) is 0.174. The summed E-state index contributed by atoms with van der Waals surface area (Å²) >= 11 is 0. The molecule has 3 aromatic rings. The van der Waals surface area contributed by atoms with Crippen molar-refractivity contribution in [2.45, 2.75) is 24.3 Å². The van der Waals surface area contributed by atoms with E-state index >= 15 is 0 Å². The zero-order chi connectivity index (χ0) is 22.5. The van der Waals surface area contributed by atoms with Crippen molar-refractivity contribution in [2.24, 2.45) is 5.10 Å². The molecule has 2 aliphatic rings.